The standard InChI is InChI=1S/C30H40N2O6/c1-7-31(8-2)17-10-18-32-27(22-13-16-24(37-9-3)25(19-22)36-6)26(29(34)30(32)35)28(33)21-11-14-23(15-12-21)38-20(4)5/h11-16,19-20,27,33H,7-10,17-18H2,1-6H3/b28-26+/t27-/m0/s1. The lowest BCUT2D eigenvalue weighted by Crippen LogP contribution is -2.33. The minimum absolute atomic E-state index is 0.00533. The molecule has 0 unspecified atom stereocenters. The van der Waals surface area contributed by atoms with Crippen LogP contribution in [0.15, 0.2) is 48.0 Å². The number of benzene rings is 2. The molecule has 0 aliphatic carbocycles. The number of methoxy groups -OCH3 is 1. The number of ketones is 1. The summed E-state index contributed by atoms with van der Waals surface area (Å²) in [5.41, 5.74) is 1.15. The van der Waals surface area contributed by atoms with Gasteiger partial charge in [0.2, 0.25) is 0 Å². The molecule has 1 atom stereocenters. The van der Waals surface area contributed by atoms with Crippen molar-refractivity contribution in [2.45, 2.75) is 53.2 Å². The van der Waals surface area contributed by atoms with E-state index in [2.05, 4.69) is 18.7 Å². The normalized spacial score (nSPS) is 16.9. The lowest BCUT2D eigenvalue weighted by atomic mass is 9.95. The lowest BCUT2D eigenvalue weighted by molar-refractivity contribution is -0.140. The maximum atomic E-state index is 13.4. The van der Waals surface area contributed by atoms with Crippen LogP contribution in [-0.4, -0.2) is 72.6 Å². The van der Waals surface area contributed by atoms with E-state index in [1.807, 2.05) is 26.8 Å². The summed E-state index contributed by atoms with van der Waals surface area (Å²) in [6.45, 7) is 13.4. The van der Waals surface area contributed by atoms with E-state index < -0.39 is 17.7 Å². The summed E-state index contributed by atoms with van der Waals surface area (Å²) >= 11 is 0. The molecular weight excluding hydrogens is 484 g/mol. The van der Waals surface area contributed by atoms with Gasteiger partial charge in [-0.15, -0.1) is 0 Å². The molecule has 2 aromatic rings. The van der Waals surface area contributed by atoms with Crippen molar-refractivity contribution in [1.29, 1.82) is 0 Å². The Balaban J connectivity index is 2.06. The Labute approximate surface area is 225 Å². The number of aliphatic hydroxyl groups is 1. The third kappa shape index (κ3) is 6.48. The number of amides is 1. The van der Waals surface area contributed by atoms with Gasteiger partial charge in [-0.3, -0.25) is 9.59 Å². The second kappa shape index (κ2) is 13.3. The zero-order chi connectivity index (χ0) is 27.8. The minimum atomic E-state index is -0.761. The smallest absolute Gasteiger partial charge is 0.295 e. The number of ether oxygens (including phenoxy) is 3. The van der Waals surface area contributed by atoms with Gasteiger partial charge in [0.15, 0.2) is 11.5 Å². The molecule has 1 amide bonds. The molecule has 1 saturated heterocycles. The van der Waals surface area contributed by atoms with E-state index in [1.54, 1.807) is 48.4 Å². The predicted molar refractivity (Wildman–Crippen MR) is 148 cm³/mol. The monoisotopic (exact) mass is 524 g/mol. The number of Topliss-reactive ketones (excluding diaryl/α,β-unsaturated/α-hetero) is 1. The molecule has 1 aliphatic rings. The molecule has 1 fully saturated rings. The first kappa shape index (κ1) is 29.0. The van der Waals surface area contributed by atoms with Gasteiger partial charge in [0.1, 0.15) is 11.5 Å². The van der Waals surface area contributed by atoms with E-state index >= 15 is 0 Å². The highest BCUT2D eigenvalue weighted by Gasteiger charge is 2.46. The van der Waals surface area contributed by atoms with Crippen LogP contribution >= 0.6 is 0 Å². The summed E-state index contributed by atoms with van der Waals surface area (Å²) in [4.78, 5) is 30.5. The average molecular weight is 525 g/mol. The second-order valence-electron chi connectivity index (χ2n) is 9.41. The van der Waals surface area contributed by atoms with Gasteiger partial charge in [-0.05, 0) is 88.8 Å². The highest BCUT2D eigenvalue weighted by atomic mass is 16.5. The van der Waals surface area contributed by atoms with Crippen molar-refractivity contribution in [2.24, 2.45) is 0 Å². The Morgan fingerprint density at radius 1 is 1.03 bits per heavy atom. The van der Waals surface area contributed by atoms with Crippen molar-refractivity contribution < 1.29 is 28.9 Å². The number of carbonyl (C=O) groups excluding carboxylic acids is 2. The van der Waals surface area contributed by atoms with Gasteiger partial charge in [0, 0.05) is 12.1 Å². The van der Waals surface area contributed by atoms with Gasteiger partial charge in [0.25, 0.3) is 11.7 Å². The molecule has 1 aliphatic heterocycles. The van der Waals surface area contributed by atoms with Crippen molar-refractivity contribution in [3.05, 3.63) is 59.2 Å². The number of nitrogens with zero attached hydrogens (tertiary/aromatic N) is 2. The SMILES string of the molecule is CCOc1ccc([C@H]2/C(=C(\O)c3ccc(OC(C)C)cc3)C(=O)C(=O)N2CCCN(CC)CC)cc1OC. The summed E-state index contributed by atoms with van der Waals surface area (Å²) < 4.78 is 16.9. The van der Waals surface area contributed by atoms with E-state index in [0.29, 0.717) is 47.9 Å². The zero-order valence-corrected chi connectivity index (χ0v) is 23.3. The number of likely N-dealkylation sites (tertiary alicyclic amines) is 1. The van der Waals surface area contributed by atoms with Gasteiger partial charge in [0.05, 0.1) is 31.4 Å². The van der Waals surface area contributed by atoms with Gasteiger partial charge in [-0.2, -0.15) is 0 Å². The molecule has 0 saturated carbocycles. The Morgan fingerprint density at radius 3 is 2.29 bits per heavy atom. The topological polar surface area (TPSA) is 88.5 Å². The van der Waals surface area contributed by atoms with Gasteiger partial charge >= 0.3 is 0 Å². The van der Waals surface area contributed by atoms with Crippen LogP contribution in [0, 0.1) is 0 Å². The van der Waals surface area contributed by atoms with Gasteiger partial charge in [-0.1, -0.05) is 19.9 Å². The zero-order valence-electron chi connectivity index (χ0n) is 23.3. The summed E-state index contributed by atoms with van der Waals surface area (Å²) in [5.74, 6) is 0.172. The molecule has 0 spiro atoms. The van der Waals surface area contributed by atoms with Crippen LogP contribution in [0.5, 0.6) is 17.2 Å². The molecule has 1 heterocycles. The molecule has 0 radical (unpaired) electrons. The van der Waals surface area contributed by atoms with Crippen molar-refractivity contribution in [2.75, 3.05) is 39.9 Å². The van der Waals surface area contributed by atoms with E-state index in [1.165, 1.54) is 0 Å². The number of rotatable bonds is 13. The number of carbonyl (C=O) groups is 2. The quantitative estimate of drug-likeness (QED) is 0.223. The molecule has 38 heavy (non-hydrogen) atoms. The molecule has 8 heteroatoms. The van der Waals surface area contributed by atoms with Gasteiger partial charge in [-0.25, -0.2) is 0 Å². The van der Waals surface area contributed by atoms with Crippen molar-refractivity contribution >= 4 is 17.4 Å². The first-order valence-corrected chi connectivity index (χ1v) is 13.3. The molecule has 2 aromatic carbocycles. The predicted octanol–water partition coefficient (Wildman–Crippen LogP) is 5.03. The van der Waals surface area contributed by atoms with Crippen LogP contribution in [0.25, 0.3) is 5.76 Å². The minimum Gasteiger partial charge on any atom is -0.507 e. The number of aliphatic hydroxyl groups excluding tert-OH is 1. The fraction of sp³-hybridized carbons (Fsp3) is 0.467. The summed E-state index contributed by atoms with van der Waals surface area (Å²) in [5, 5.41) is 11.4. The van der Waals surface area contributed by atoms with E-state index in [-0.39, 0.29) is 17.4 Å². The Hall–Kier alpha value is -3.52. The lowest BCUT2D eigenvalue weighted by Gasteiger charge is -2.27. The molecule has 206 valence electrons. The van der Waals surface area contributed by atoms with Crippen molar-refractivity contribution in [3.8, 4) is 17.2 Å². The molecule has 1 N–H and O–H groups in total. The van der Waals surface area contributed by atoms with E-state index in [9.17, 15) is 14.7 Å². The van der Waals surface area contributed by atoms with Crippen molar-refractivity contribution in [1.82, 2.24) is 9.80 Å². The summed E-state index contributed by atoms with van der Waals surface area (Å²) in [6.07, 6.45) is 0.700. The Morgan fingerprint density at radius 2 is 1.71 bits per heavy atom. The maximum Gasteiger partial charge on any atom is 0.295 e. The van der Waals surface area contributed by atoms with Crippen LogP contribution < -0.4 is 14.2 Å². The molecule has 0 bridgehead atoms. The van der Waals surface area contributed by atoms with Crippen LogP contribution in [0.4, 0.5) is 0 Å². The summed E-state index contributed by atoms with van der Waals surface area (Å²) in [6, 6.07) is 11.5. The van der Waals surface area contributed by atoms with Crippen LogP contribution in [0.1, 0.15) is 58.2 Å². The third-order valence-corrected chi connectivity index (χ3v) is 6.61. The molecule has 3 rings (SSSR count). The molecule has 0 aromatic heterocycles. The fourth-order valence-electron chi connectivity index (χ4n) is 4.71. The largest absolute Gasteiger partial charge is 0.507 e. The maximum absolute atomic E-state index is 13.4. The van der Waals surface area contributed by atoms with E-state index in [4.69, 9.17) is 14.2 Å². The van der Waals surface area contributed by atoms with Crippen LogP contribution in [0.3, 0.4) is 0 Å². The average Bonchev–Trinajstić information content (AvgIpc) is 3.16. The molecular formula is C30H40N2O6. The Bertz CT molecular complexity index is 1140. The molecule has 8 nitrogen and oxygen atoms in total. The number of hydrogen-bond acceptors (Lipinski definition) is 7. The first-order valence-electron chi connectivity index (χ1n) is 13.3. The Kier molecular flexibility index (Phi) is 10.2. The van der Waals surface area contributed by atoms with E-state index in [0.717, 1.165) is 19.6 Å². The first-order chi connectivity index (χ1) is 18.2. The van der Waals surface area contributed by atoms with Gasteiger partial charge < -0.3 is 29.1 Å². The second-order valence-corrected chi connectivity index (χ2v) is 9.41. The van der Waals surface area contributed by atoms with Crippen LogP contribution in [0.2, 0.25) is 0 Å². The van der Waals surface area contributed by atoms with Crippen LogP contribution in [-0.2, 0) is 9.59 Å². The third-order valence-electron chi connectivity index (χ3n) is 6.61. The van der Waals surface area contributed by atoms with Crippen molar-refractivity contribution in [3.63, 3.8) is 0 Å². The highest BCUT2D eigenvalue weighted by molar-refractivity contribution is 6.46. The highest BCUT2D eigenvalue weighted by Crippen LogP contribution is 2.42. The number of hydrogen-bond donors (Lipinski definition) is 1. The fourth-order valence-corrected chi connectivity index (χ4v) is 4.71. The summed E-state index contributed by atoms with van der Waals surface area (Å²) in [7, 11) is 1.55.